The number of amides is 2. The van der Waals surface area contributed by atoms with Crippen molar-refractivity contribution in [2.24, 2.45) is 0 Å². The monoisotopic (exact) mass is 412 g/mol. The van der Waals surface area contributed by atoms with Gasteiger partial charge in [-0.2, -0.15) is 0 Å². The predicted octanol–water partition coefficient (Wildman–Crippen LogP) is 3.63. The van der Waals surface area contributed by atoms with Crippen molar-refractivity contribution in [1.29, 1.82) is 0 Å². The van der Waals surface area contributed by atoms with Gasteiger partial charge in [0.2, 0.25) is 5.91 Å². The Hall–Kier alpha value is -3.02. The molecule has 1 atom stereocenters. The molecule has 0 saturated carbocycles. The quantitative estimate of drug-likeness (QED) is 0.683. The summed E-state index contributed by atoms with van der Waals surface area (Å²) in [4.78, 5) is 27.2. The van der Waals surface area contributed by atoms with Crippen LogP contribution in [-0.2, 0) is 16.1 Å². The average Bonchev–Trinajstić information content (AvgIpc) is 2.70. The van der Waals surface area contributed by atoms with Gasteiger partial charge in [0.25, 0.3) is 5.91 Å². The minimum Gasteiger partial charge on any atom is -0.497 e. The molecule has 0 saturated heterocycles. The molecule has 0 aliphatic heterocycles. The Kier molecular flexibility index (Phi) is 8.27. The molecular formula is C24H32N2O4. The van der Waals surface area contributed by atoms with E-state index >= 15 is 0 Å². The minimum atomic E-state index is -0.645. The van der Waals surface area contributed by atoms with Crippen LogP contribution in [0.5, 0.6) is 11.5 Å². The van der Waals surface area contributed by atoms with E-state index in [4.69, 9.17) is 9.47 Å². The number of benzene rings is 2. The van der Waals surface area contributed by atoms with E-state index < -0.39 is 6.04 Å². The highest BCUT2D eigenvalue weighted by atomic mass is 16.5. The number of carbonyl (C=O) groups is 2. The summed E-state index contributed by atoms with van der Waals surface area (Å²) in [6, 6.07) is 12.6. The van der Waals surface area contributed by atoms with E-state index in [1.807, 2.05) is 70.2 Å². The molecule has 0 fully saturated rings. The number of hydrogen-bond acceptors (Lipinski definition) is 4. The molecule has 0 aliphatic rings. The molecule has 2 aromatic rings. The molecule has 162 valence electrons. The first-order valence-corrected chi connectivity index (χ1v) is 10.1. The number of nitrogens with one attached hydrogen (secondary N) is 1. The van der Waals surface area contributed by atoms with E-state index in [-0.39, 0.29) is 31.0 Å². The van der Waals surface area contributed by atoms with E-state index in [9.17, 15) is 9.59 Å². The number of ether oxygens (including phenoxy) is 2. The zero-order valence-corrected chi connectivity index (χ0v) is 18.7. The first kappa shape index (κ1) is 23.3. The summed E-state index contributed by atoms with van der Waals surface area (Å²) < 4.78 is 11.1. The molecule has 2 rings (SSSR count). The van der Waals surface area contributed by atoms with Gasteiger partial charge in [0.15, 0.2) is 6.61 Å². The third-order valence-corrected chi connectivity index (χ3v) is 4.77. The fourth-order valence-corrected chi connectivity index (χ4v) is 3.14. The smallest absolute Gasteiger partial charge is 0.261 e. The van der Waals surface area contributed by atoms with E-state index in [0.717, 1.165) is 16.7 Å². The zero-order chi connectivity index (χ0) is 22.3. The molecule has 0 spiro atoms. The Bertz CT molecular complexity index is 879. The molecule has 0 bridgehead atoms. The molecule has 1 N–H and O–H groups in total. The first-order chi connectivity index (χ1) is 14.2. The highest BCUT2D eigenvalue weighted by Gasteiger charge is 2.27. The maximum atomic E-state index is 13.1. The Balaban J connectivity index is 2.19. The number of rotatable bonds is 9. The Morgan fingerprint density at radius 3 is 2.43 bits per heavy atom. The highest BCUT2D eigenvalue weighted by Crippen LogP contribution is 2.20. The molecule has 2 aromatic carbocycles. The van der Waals surface area contributed by atoms with Gasteiger partial charge >= 0.3 is 0 Å². The van der Waals surface area contributed by atoms with Crippen LogP contribution in [0.15, 0.2) is 42.5 Å². The Labute approximate surface area is 179 Å². The minimum absolute atomic E-state index is 0.0137. The molecule has 6 nitrogen and oxygen atoms in total. The van der Waals surface area contributed by atoms with Gasteiger partial charge < -0.3 is 19.7 Å². The summed E-state index contributed by atoms with van der Waals surface area (Å²) >= 11 is 0. The fourth-order valence-electron chi connectivity index (χ4n) is 3.14. The second kappa shape index (κ2) is 10.7. The number of methoxy groups -OCH3 is 1. The summed E-state index contributed by atoms with van der Waals surface area (Å²) in [6.07, 6.45) is 0. The number of hydrogen-bond donors (Lipinski definition) is 1. The van der Waals surface area contributed by atoms with Crippen LogP contribution < -0.4 is 14.8 Å². The van der Waals surface area contributed by atoms with Crippen molar-refractivity contribution < 1.29 is 19.1 Å². The van der Waals surface area contributed by atoms with Gasteiger partial charge in [-0.15, -0.1) is 0 Å². The summed E-state index contributed by atoms with van der Waals surface area (Å²) in [5, 5.41) is 2.88. The largest absolute Gasteiger partial charge is 0.497 e. The number of carbonyl (C=O) groups excluding carboxylic acids is 2. The standard InChI is InChI=1S/C24H32N2O4/c1-16(2)25-24(28)19(5)26(14-20-8-7-9-21(13-20)29-6)23(27)15-30-22-11-10-17(3)12-18(22)4/h7-13,16,19H,14-15H2,1-6H3,(H,25,28)/t19-/m0/s1. The summed E-state index contributed by atoms with van der Waals surface area (Å²) in [5.41, 5.74) is 2.97. The van der Waals surface area contributed by atoms with Crippen LogP contribution in [0.1, 0.15) is 37.5 Å². The van der Waals surface area contributed by atoms with Crippen LogP contribution in [0, 0.1) is 13.8 Å². The van der Waals surface area contributed by atoms with Crippen molar-refractivity contribution in [3.05, 3.63) is 59.2 Å². The second-order valence-electron chi connectivity index (χ2n) is 7.77. The van der Waals surface area contributed by atoms with Gasteiger partial charge in [-0.3, -0.25) is 9.59 Å². The van der Waals surface area contributed by atoms with Gasteiger partial charge in [-0.1, -0.05) is 29.8 Å². The molecule has 0 heterocycles. The normalized spacial score (nSPS) is 11.7. The fraction of sp³-hybridized carbons (Fsp3) is 0.417. The molecule has 6 heteroatoms. The van der Waals surface area contributed by atoms with Crippen molar-refractivity contribution in [2.45, 2.75) is 53.2 Å². The lowest BCUT2D eigenvalue weighted by atomic mass is 10.1. The lowest BCUT2D eigenvalue weighted by Gasteiger charge is -2.29. The van der Waals surface area contributed by atoms with E-state index in [0.29, 0.717) is 11.5 Å². The van der Waals surface area contributed by atoms with Crippen molar-refractivity contribution in [3.63, 3.8) is 0 Å². The highest BCUT2D eigenvalue weighted by molar-refractivity contribution is 5.88. The van der Waals surface area contributed by atoms with Crippen LogP contribution in [0.25, 0.3) is 0 Å². The van der Waals surface area contributed by atoms with Gasteiger partial charge in [-0.25, -0.2) is 0 Å². The molecular weight excluding hydrogens is 380 g/mol. The van der Waals surface area contributed by atoms with Crippen molar-refractivity contribution in [1.82, 2.24) is 10.2 Å². The number of nitrogens with zero attached hydrogens (tertiary/aromatic N) is 1. The summed E-state index contributed by atoms with van der Waals surface area (Å²) in [5.74, 6) is 0.900. The Morgan fingerprint density at radius 1 is 1.07 bits per heavy atom. The summed E-state index contributed by atoms with van der Waals surface area (Å²) in [7, 11) is 1.60. The third-order valence-electron chi connectivity index (χ3n) is 4.77. The third kappa shape index (κ3) is 6.51. The van der Waals surface area contributed by atoms with Crippen LogP contribution in [0.2, 0.25) is 0 Å². The number of aryl methyl sites for hydroxylation is 2. The zero-order valence-electron chi connectivity index (χ0n) is 18.7. The maximum absolute atomic E-state index is 13.1. The van der Waals surface area contributed by atoms with E-state index in [1.165, 1.54) is 4.90 Å². The molecule has 2 amide bonds. The molecule has 0 unspecified atom stereocenters. The van der Waals surface area contributed by atoms with Gasteiger partial charge in [0.1, 0.15) is 17.5 Å². The molecule has 0 aliphatic carbocycles. The lowest BCUT2D eigenvalue weighted by molar-refractivity contribution is -0.142. The van der Waals surface area contributed by atoms with Crippen molar-refractivity contribution >= 4 is 11.8 Å². The van der Waals surface area contributed by atoms with Crippen LogP contribution >= 0.6 is 0 Å². The lowest BCUT2D eigenvalue weighted by Crippen LogP contribution is -2.50. The Morgan fingerprint density at radius 2 is 1.80 bits per heavy atom. The van der Waals surface area contributed by atoms with Gasteiger partial charge in [0, 0.05) is 12.6 Å². The van der Waals surface area contributed by atoms with Crippen LogP contribution in [-0.4, -0.2) is 42.5 Å². The second-order valence-corrected chi connectivity index (χ2v) is 7.77. The SMILES string of the molecule is COc1cccc(CN(C(=O)COc2ccc(C)cc2C)[C@@H](C)C(=O)NC(C)C)c1. The van der Waals surface area contributed by atoms with Gasteiger partial charge in [0.05, 0.1) is 7.11 Å². The molecule has 0 radical (unpaired) electrons. The molecule has 30 heavy (non-hydrogen) atoms. The topological polar surface area (TPSA) is 67.9 Å². The van der Waals surface area contributed by atoms with Crippen molar-refractivity contribution in [2.75, 3.05) is 13.7 Å². The van der Waals surface area contributed by atoms with Crippen molar-refractivity contribution in [3.8, 4) is 11.5 Å². The van der Waals surface area contributed by atoms with Crippen LogP contribution in [0.3, 0.4) is 0 Å². The molecule has 0 aromatic heterocycles. The summed E-state index contributed by atoms with van der Waals surface area (Å²) in [6.45, 7) is 9.59. The first-order valence-electron chi connectivity index (χ1n) is 10.1. The average molecular weight is 413 g/mol. The van der Waals surface area contributed by atoms with Gasteiger partial charge in [-0.05, 0) is 63.9 Å². The van der Waals surface area contributed by atoms with E-state index in [1.54, 1.807) is 14.0 Å². The van der Waals surface area contributed by atoms with Crippen LogP contribution in [0.4, 0.5) is 0 Å². The predicted molar refractivity (Wildman–Crippen MR) is 118 cm³/mol. The van der Waals surface area contributed by atoms with E-state index in [2.05, 4.69) is 5.32 Å². The maximum Gasteiger partial charge on any atom is 0.261 e.